The molecule has 0 saturated heterocycles. The number of hydrogen-bond acceptors (Lipinski definition) is 3. The first kappa shape index (κ1) is 11.6. The molecule has 1 aromatic carbocycles. The quantitative estimate of drug-likeness (QED) is 0.763. The number of aryl methyl sites for hydroxylation is 1. The summed E-state index contributed by atoms with van der Waals surface area (Å²) in [6.45, 7) is 4.10. The minimum atomic E-state index is 0. The van der Waals surface area contributed by atoms with Gasteiger partial charge in [-0.1, -0.05) is 29.8 Å². The molecule has 2 aliphatic rings. The van der Waals surface area contributed by atoms with Crippen LogP contribution in [0.3, 0.4) is 0 Å². The number of aliphatic imine (C=N–C) groups is 1. The summed E-state index contributed by atoms with van der Waals surface area (Å²) in [4.78, 5) is 7.99. The van der Waals surface area contributed by atoms with Crippen LogP contribution in [0.15, 0.2) is 35.5 Å². The lowest BCUT2D eigenvalue weighted by atomic mass is 10.1. The standard InChI is InChI=1S/C12H12N2S.ClH/c1-9-2-4-10(5-3-9)11-8-14-7-6-13-12(14)15-11;/h2-5,8H,6-7H2,1H3;1H. The highest BCUT2D eigenvalue weighted by Gasteiger charge is 2.24. The molecule has 0 fully saturated rings. The van der Waals surface area contributed by atoms with E-state index in [1.165, 1.54) is 16.0 Å². The van der Waals surface area contributed by atoms with E-state index in [1.807, 2.05) is 0 Å². The first-order valence-corrected chi connectivity index (χ1v) is 5.92. The summed E-state index contributed by atoms with van der Waals surface area (Å²) in [5.41, 5.74) is 2.60. The first-order chi connectivity index (χ1) is 7.33. The van der Waals surface area contributed by atoms with E-state index in [0.29, 0.717) is 0 Å². The highest BCUT2D eigenvalue weighted by Crippen LogP contribution is 2.37. The van der Waals surface area contributed by atoms with E-state index in [1.54, 1.807) is 11.8 Å². The summed E-state index contributed by atoms with van der Waals surface area (Å²) in [7, 11) is 0. The number of thioether (sulfide) groups is 1. The minimum absolute atomic E-state index is 0. The van der Waals surface area contributed by atoms with Gasteiger partial charge in [0.1, 0.15) is 0 Å². The molecule has 1 aromatic rings. The topological polar surface area (TPSA) is 15.6 Å². The van der Waals surface area contributed by atoms with Gasteiger partial charge in [0.05, 0.1) is 6.54 Å². The second-order valence-corrected chi connectivity index (χ2v) is 4.83. The van der Waals surface area contributed by atoms with Gasteiger partial charge in [-0.15, -0.1) is 12.4 Å². The van der Waals surface area contributed by atoms with Crippen LogP contribution in [-0.4, -0.2) is 23.2 Å². The van der Waals surface area contributed by atoms with E-state index in [9.17, 15) is 0 Å². The SMILES string of the molecule is Cc1ccc(C2=CN3CCN=C3S2)cc1.Cl. The third kappa shape index (κ3) is 1.97. The van der Waals surface area contributed by atoms with Crippen LogP contribution in [0, 0.1) is 6.92 Å². The number of amidine groups is 1. The lowest BCUT2D eigenvalue weighted by Crippen LogP contribution is -2.14. The largest absolute Gasteiger partial charge is 0.325 e. The van der Waals surface area contributed by atoms with Crippen molar-refractivity contribution < 1.29 is 0 Å². The van der Waals surface area contributed by atoms with Crippen molar-refractivity contribution in [3.8, 4) is 0 Å². The van der Waals surface area contributed by atoms with Gasteiger partial charge in [-0.05, 0) is 24.2 Å². The number of hydrogen-bond donors (Lipinski definition) is 0. The first-order valence-electron chi connectivity index (χ1n) is 5.11. The number of rotatable bonds is 1. The third-order valence-electron chi connectivity index (χ3n) is 2.64. The summed E-state index contributed by atoms with van der Waals surface area (Å²) in [5.74, 6) is 0. The van der Waals surface area contributed by atoms with Crippen LogP contribution in [-0.2, 0) is 0 Å². The Balaban J connectivity index is 0.000000963. The summed E-state index contributed by atoms with van der Waals surface area (Å²) >= 11 is 1.78. The fourth-order valence-electron chi connectivity index (χ4n) is 1.77. The van der Waals surface area contributed by atoms with Crippen LogP contribution in [0.4, 0.5) is 0 Å². The highest BCUT2D eigenvalue weighted by molar-refractivity contribution is 8.22. The van der Waals surface area contributed by atoms with Crippen molar-refractivity contribution in [1.82, 2.24) is 4.90 Å². The predicted molar refractivity (Wildman–Crippen MR) is 73.0 cm³/mol. The molecule has 0 aliphatic carbocycles. The Morgan fingerprint density at radius 3 is 2.69 bits per heavy atom. The zero-order valence-corrected chi connectivity index (χ0v) is 10.6. The fourth-order valence-corrected chi connectivity index (χ4v) is 2.82. The lowest BCUT2D eigenvalue weighted by molar-refractivity contribution is 0.626. The number of nitrogens with zero attached hydrogens (tertiary/aromatic N) is 2. The Hall–Kier alpha value is -0.930. The monoisotopic (exact) mass is 252 g/mol. The van der Waals surface area contributed by atoms with Gasteiger partial charge in [-0.3, -0.25) is 4.99 Å². The molecule has 84 valence electrons. The summed E-state index contributed by atoms with van der Waals surface area (Å²) in [6, 6.07) is 8.66. The normalized spacial score (nSPS) is 17.7. The Labute approximate surface area is 106 Å². The van der Waals surface area contributed by atoms with Crippen molar-refractivity contribution in [3.63, 3.8) is 0 Å². The van der Waals surface area contributed by atoms with Crippen LogP contribution in [0.2, 0.25) is 0 Å². The molecule has 2 nitrogen and oxygen atoms in total. The maximum Gasteiger partial charge on any atom is 0.168 e. The molecule has 4 heteroatoms. The molecule has 0 atom stereocenters. The molecule has 0 saturated carbocycles. The van der Waals surface area contributed by atoms with E-state index >= 15 is 0 Å². The summed E-state index contributed by atoms with van der Waals surface area (Å²) in [6.07, 6.45) is 2.21. The zero-order valence-electron chi connectivity index (χ0n) is 9.01. The van der Waals surface area contributed by atoms with Crippen LogP contribution in [0.25, 0.3) is 4.91 Å². The zero-order chi connectivity index (χ0) is 10.3. The third-order valence-corrected chi connectivity index (χ3v) is 3.75. The van der Waals surface area contributed by atoms with Crippen LogP contribution < -0.4 is 0 Å². The predicted octanol–water partition coefficient (Wildman–Crippen LogP) is 3.13. The number of halogens is 1. The Kier molecular flexibility index (Phi) is 3.26. The van der Waals surface area contributed by atoms with Crippen molar-refractivity contribution in [2.24, 2.45) is 4.99 Å². The number of benzene rings is 1. The maximum absolute atomic E-state index is 4.44. The van der Waals surface area contributed by atoms with Crippen molar-refractivity contribution in [2.75, 3.05) is 13.1 Å². The molecule has 0 amide bonds. The lowest BCUT2D eigenvalue weighted by Gasteiger charge is -2.04. The van der Waals surface area contributed by atoms with Gasteiger partial charge in [-0.2, -0.15) is 0 Å². The van der Waals surface area contributed by atoms with Gasteiger partial charge < -0.3 is 4.90 Å². The molecule has 2 heterocycles. The van der Waals surface area contributed by atoms with Gasteiger partial charge in [0, 0.05) is 17.6 Å². The van der Waals surface area contributed by atoms with Crippen molar-refractivity contribution in [1.29, 1.82) is 0 Å². The van der Waals surface area contributed by atoms with Crippen molar-refractivity contribution in [2.45, 2.75) is 6.92 Å². The van der Waals surface area contributed by atoms with Gasteiger partial charge >= 0.3 is 0 Å². The second kappa shape index (κ2) is 4.52. The van der Waals surface area contributed by atoms with Gasteiger partial charge in [-0.25, -0.2) is 0 Å². The fraction of sp³-hybridized carbons (Fsp3) is 0.250. The Morgan fingerprint density at radius 1 is 1.25 bits per heavy atom. The average Bonchev–Trinajstić information content (AvgIpc) is 2.78. The van der Waals surface area contributed by atoms with Gasteiger partial charge in [0.15, 0.2) is 5.17 Å². The van der Waals surface area contributed by atoms with Crippen LogP contribution >= 0.6 is 24.2 Å². The summed E-state index contributed by atoms with van der Waals surface area (Å²) in [5, 5.41) is 1.16. The minimum Gasteiger partial charge on any atom is -0.325 e. The number of fused-ring (bicyclic) bond motifs is 1. The molecule has 0 aromatic heterocycles. The van der Waals surface area contributed by atoms with Gasteiger partial charge in [0.2, 0.25) is 0 Å². The Morgan fingerprint density at radius 2 is 2.00 bits per heavy atom. The van der Waals surface area contributed by atoms with E-state index in [0.717, 1.165) is 18.3 Å². The molecule has 2 aliphatic heterocycles. The second-order valence-electron chi connectivity index (χ2n) is 3.82. The van der Waals surface area contributed by atoms with E-state index in [-0.39, 0.29) is 12.4 Å². The molecule has 3 rings (SSSR count). The van der Waals surface area contributed by atoms with Crippen LogP contribution in [0.1, 0.15) is 11.1 Å². The average molecular weight is 253 g/mol. The smallest absolute Gasteiger partial charge is 0.168 e. The van der Waals surface area contributed by atoms with E-state index in [2.05, 4.69) is 47.3 Å². The molecule has 0 unspecified atom stereocenters. The molecule has 16 heavy (non-hydrogen) atoms. The van der Waals surface area contributed by atoms with E-state index in [4.69, 9.17) is 0 Å². The highest BCUT2D eigenvalue weighted by atomic mass is 35.5. The van der Waals surface area contributed by atoms with Gasteiger partial charge in [0.25, 0.3) is 0 Å². The maximum atomic E-state index is 4.44. The van der Waals surface area contributed by atoms with Crippen LogP contribution in [0.5, 0.6) is 0 Å². The van der Waals surface area contributed by atoms with E-state index < -0.39 is 0 Å². The van der Waals surface area contributed by atoms with Crippen molar-refractivity contribution in [3.05, 3.63) is 41.6 Å². The van der Waals surface area contributed by atoms with Crippen molar-refractivity contribution >= 4 is 34.2 Å². The molecule has 0 bridgehead atoms. The molecule has 0 radical (unpaired) electrons. The Bertz CT molecular complexity index is 451. The summed E-state index contributed by atoms with van der Waals surface area (Å²) < 4.78 is 0. The molecular formula is C12H13ClN2S. The molecule has 0 N–H and O–H groups in total. The molecular weight excluding hydrogens is 240 g/mol. The molecule has 0 spiro atoms.